The molecule has 1 aromatic heterocycles. The molecule has 0 radical (unpaired) electrons. The zero-order chi connectivity index (χ0) is 17.5. The molecule has 1 N–H and O–H groups in total. The summed E-state index contributed by atoms with van der Waals surface area (Å²) >= 11 is 0. The van der Waals surface area contributed by atoms with Crippen molar-refractivity contribution in [2.24, 2.45) is 5.92 Å². The fraction of sp³-hybridized carbons (Fsp3) is 0.722. The lowest BCUT2D eigenvalue weighted by molar-refractivity contribution is -0.133. The fourth-order valence-corrected chi connectivity index (χ4v) is 3.75. The third-order valence-corrected chi connectivity index (χ3v) is 5.31. The van der Waals surface area contributed by atoms with Crippen molar-refractivity contribution in [1.82, 2.24) is 24.7 Å². The molecule has 7 heteroatoms. The number of piperazine rings is 1. The van der Waals surface area contributed by atoms with Crippen LogP contribution in [-0.2, 0) is 11.3 Å². The van der Waals surface area contributed by atoms with Gasteiger partial charge in [-0.1, -0.05) is 19.3 Å². The molecule has 0 bridgehead atoms. The van der Waals surface area contributed by atoms with E-state index in [-0.39, 0.29) is 11.9 Å². The number of nitrogens with zero attached hydrogens (tertiary/aromatic N) is 4. The minimum atomic E-state index is -0.0421. The van der Waals surface area contributed by atoms with Gasteiger partial charge in [-0.25, -0.2) is 9.78 Å². The monoisotopic (exact) mass is 347 g/mol. The minimum absolute atomic E-state index is 0.0421. The van der Waals surface area contributed by atoms with Crippen LogP contribution in [0, 0.1) is 5.92 Å². The van der Waals surface area contributed by atoms with Gasteiger partial charge < -0.3 is 19.7 Å². The van der Waals surface area contributed by atoms with Crippen molar-refractivity contribution in [2.45, 2.75) is 45.1 Å². The van der Waals surface area contributed by atoms with E-state index in [0.717, 1.165) is 0 Å². The highest BCUT2D eigenvalue weighted by Crippen LogP contribution is 2.27. The zero-order valence-electron chi connectivity index (χ0n) is 14.9. The SMILES string of the molecule is O=C(CC1CCCCC1)N1CCN(C(=O)NCCn2ccnc2)CC1. The first kappa shape index (κ1) is 17.8. The molecule has 2 aliphatic rings. The second-order valence-electron chi connectivity index (χ2n) is 7.11. The van der Waals surface area contributed by atoms with Crippen LogP contribution in [0.3, 0.4) is 0 Å². The first-order valence-electron chi connectivity index (χ1n) is 9.48. The van der Waals surface area contributed by atoms with Crippen LogP contribution in [0.5, 0.6) is 0 Å². The average molecular weight is 347 g/mol. The van der Waals surface area contributed by atoms with E-state index in [1.54, 1.807) is 17.4 Å². The topological polar surface area (TPSA) is 70.5 Å². The number of aromatic nitrogens is 2. The summed E-state index contributed by atoms with van der Waals surface area (Å²) in [6.07, 6.45) is 12.3. The van der Waals surface area contributed by atoms with Crippen molar-refractivity contribution in [3.05, 3.63) is 18.7 Å². The number of hydrogen-bond donors (Lipinski definition) is 1. The molecule has 3 rings (SSSR count). The maximum Gasteiger partial charge on any atom is 0.317 e. The Kier molecular flexibility index (Phi) is 6.30. The van der Waals surface area contributed by atoms with Crippen molar-refractivity contribution in [1.29, 1.82) is 0 Å². The van der Waals surface area contributed by atoms with Crippen LogP contribution >= 0.6 is 0 Å². The van der Waals surface area contributed by atoms with Crippen LogP contribution in [0.1, 0.15) is 38.5 Å². The van der Waals surface area contributed by atoms with Gasteiger partial charge in [0, 0.05) is 58.1 Å². The van der Waals surface area contributed by atoms with Crippen molar-refractivity contribution in [3.8, 4) is 0 Å². The summed E-state index contributed by atoms with van der Waals surface area (Å²) in [5, 5.41) is 2.94. The second-order valence-corrected chi connectivity index (χ2v) is 7.11. The fourth-order valence-electron chi connectivity index (χ4n) is 3.75. The molecule has 0 spiro atoms. The van der Waals surface area contributed by atoms with Crippen LogP contribution < -0.4 is 5.32 Å². The molecule has 138 valence electrons. The van der Waals surface area contributed by atoms with Crippen molar-refractivity contribution < 1.29 is 9.59 Å². The molecule has 1 saturated heterocycles. The highest BCUT2D eigenvalue weighted by molar-refractivity contribution is 5.78. The third-order valence-electron chi connectivity index (χ3n) is 5.31. The molecule has 1 saturated carbocycles. The Morgan fingerprint density at radius 2 is 1.76 bits per heavy atom. The first-order valence-corrected chi connectivity index (χ1v) is 9.48. The van der Waals surface area contributed by atoms with Gasteiger partial charge in [0.05, 0.1) is 6.33 Å². The lowest BCUT2D eigenvalue weighted by Gasteiger charge is -2.35. The molecule has 3 amide bonds. The lowest BCUT2D eigenvalue weighted by Crippen LogP contribution is -2.53. The number of imidazole rings is 1. The van der Waals surface area contributed by atoms with Gasteiger partial charge in [0.1, 0.15) is 0 Å². The molecule has 0 atom stereocenters. The van der Waals surface area contributed by atoms with Gasteiger partial charge in [-0.05, 0) is 18.8 Å². The van der Waals surface area contributed by atoms with Crippen LogP contribution in [0.25, 0.3) is 0 Å². The number of nitrogens with one attached hydrogen (secondary N) is 1. The van der Waals surface area contributed by atoms with Crippen LogP contribution in [0.4, 0.5) is 4.79 Å². The maximum absolute atomic E-state index is 12.4. The van der Waals surface area contributed by atoms with Crippen molar-refractivity contribution in [2.75, 3.05) is 32.7 Å². The quantitative estimate of drug-likeness (QED) is 0.881. The van der Waals surface area contributed by atoms with Crippen molar-refractivity contribution >= 4 is 11.9 Å². The smallest absolute Gasteiger partial charge is 0.317 e. The summed E-state index contributed by atoms with van der Waals surface area (Å²) in [4.78, 5) is 32.4. The van der Waals surface area contributed by atoms with Gasteiger partial charge in [-0.15, -0.1) is 0 Å². The summed E-state index contributed by atoms with van der Waals surface area (Å²) in [5.41, 5.74) is 0. The molecule has 1 aliphatic carbocycles. The highest BCUT2D eigenvalue weighted by atomic mass is 16.2. The molecule has 2 fully saturated rings. The molecule has 2 heterocycles. The molecule has 1 aliphatic heterocycles. The summed E-state index contributed by atoms with van der Waals surface area (Å²) in [7, 11) is 0. The predicted molar refractivity (Wildman–Crippen MR) is 95.0 cm³/mol. The van der Waals surface area contributed by atoms with E-state index in [9.17, 15) is 9.59 Å². The summed E-state index contributed by atoms with van der Waals surface area (Å²) < 4.78 is 1.93. The third kappa shape index (κ3) is 5.21. The van der Waals surface area contributed by atoms with Gasteiger partial charge in [-0.3, -0.25) is 4.79 Å². The molecular formula is C18H29N5O2. The lowest BCUT2D eigenvalue weighted by atomic mass is 9.86. The summed E-state index contributed by atoms with van der Waals surface area (Å²) in [6, 6.07) is -0.0421. The molecule has 7 nitrogen and oxygen atoms in total. The Balaban J connectivity index is 1.34. The van der Waals surface area contributed by atoms with Crippen LogP contribution in [0.2, 0.25) is 0 Å². The Morgan fingerprint density at radius 3 is 2.44 bits per heavy atom. The van der Waals surface area contributed by atoms with E-state index >= 15 is 0 Å². The number of carbonyl (C=O) groups is 2. The Bertz CT molecular complexity index is 546. The van der Waals surface area contributed by atoms with E-state index in [0.29, 0.717) is 51.6 Å². The average Bonchev–Trinajstić information content (AvgIpc) is 3.16. The molecule has 1 aromatic rings. The summed E-state index contributed by atoms with van der Waals surface area (Å²) in [5.74, 6) is 0.845. The van der Waals surface area contributed by atoms with E-state index in [4.69, 9.17) is 0 Å². The largest absolute Gasteiger partial charge is 0.339 e. The minimum Gasteiger partial charge on any atom is -0.339 e. The van der Waals surface area contributed by atoms with E-state index < -0.39 is 0 Å². The van der Waals surface area contributed by atoms with Gasteiger partial charge in [0.25, 0.3) is 0 Å². The van der Waals surface area contributed by atoms with Gasteiger partial charge >= 0.3 is 6.03 Å². The number of urea groups is 1. The molecule has 0 unspecified atom stereocenters. The molecule has 0 aromatic carbocycles. The number of hydrogen-bond acceptors (Lipinski definition) is 3. The van der Waals surface area contributed by atoms with E-state index in [1.165, 1.54) is 32.1 Å². The highest BCUT2D eigenvalue weighted by Gasteiger charge is 2.26. The first-order chi connectivity index (χ1) is 12.2. The summed E-state index contributed by atoms with van der Waals surface area (Å²) in [6.45, 7) is 3.84. The number of amides is 3. The van der Waals surface area contributed by atoms with Gasteiger partial charge in [-0.2, -0.15) is 0 Å². The van der Waals surface area contributed by atoms with E-state index in [2.05, 4.69) is 10.3 Å². The van der Waals surface area contributed by atoms with Gasteiger partial charge in [0.2, 0.25) is 5.91 Å². The Hall–Kier alpha value is -2.05. The van der Waals surface area contributed by atoms with E-state index in [1.807, 2.05) is 15.7 Å². The number of carbonyl (C=O) groups excluding carboxylic acids is 2. The predicted octanol–water partition coefficient (Wildman–Crippen LogP) is 1.71. The molecular weight excluding hydrogens is 318 g/mol. The van der Waals surface area contributed by atoms with Crippen molar-refractivity contribution in [3.63, 3.8) is 0 Å². The Morgan fingerprint density at radius 1 is 1.04 bits per heavy atom. The number of rotatable bonds is 5. The Labute approximate surface area is 149 Å². The normalized spacial score (nSPS) is 19.0. The molecule has 25 heavy (non-hydrogen) atoms. The standard InChI is InChI=1S/C18H29N5O2/c24-17(14-16-4-2-1-3-5-16)22-10-12-23(13-11-22)18(25)20-7-9-21-8-6-19-15-21/h6,8,15-16H,1-5,7,9-14H2,(H,20,25). The zero-order valence-corrected chi connectivity index (χ0v) is 14.9. The van der Waals surface area contributed by atoms with Crippen LogP contribution in [0.15, 0.2) is 18.7 Å². The van der Waals surface area contributed by atoms with Gasteiger partial charge in [0.15, 0.2) is 0 Å². The van der Waals surface area contributed by atoms with Crippen LogP contribution in [-0.4, -0.2) is 64.0 Å². The maximum atomic E-state index is 12.4. The second kappa shape index (κ2) is 8.87.